The maximum Gasteiger partial charge on any atom is 0.407 e. The van der Waals surface area contributed by atoms with Gasteiger partial charge in [0.15, 0.2) is 0 Å². The molecule has 2 amide bonds. The first-order valence-corrected chi connectivity index (χ1v) is 28.0. The number of hydrogen-bond acceptors (Lipinski definition) is 15. The van der Waals surface area contributed by atoms with Gasteiger partial charge in [-0.05, 0) is 53.8 Å². The summed E-state index contributed by atoms with van der Waals surface area (Å²) in [5.74, 6) is -0.577. The van der Waals surface area contributed by atoms with Gasteiger partial charge in [0.05, 0.1) is 43.3 Å². The van der Waals surface area contributed by atoms with Gasteiger partial charge in [0, 0.05) is 32.8 Å². The molecule has 0 aliphatic rings. The molecule has 21 nitrogen and oxygen atoms in total. The van der Waals surface area contributed by atoms with Crippen molar-refractivity contribution in [1.29, 1.82) is 0 Å². The maximum atomic E-state index is 13.4. The summed E-state index contributed by atoms with van der Waals surface area (Å²) in [6.07, 6.45) is 6.75. The monoisotopic (exact) mass is 1220 g/mol. The maximum absolute atomic E-state index is 13.4. The molecule has 0 aliphatic carbocycles. The molecule has 72 heavy (non-hydrogen) atoms. The van der Waals surface area contributed by atoms with Gasteiger partial charge >= 0.3 is 145 Å². The van der Waals surface area contributed by atoms with E-state index >= 15 is 0 Å². The van der Waals surface area contributed by atoms with Crippen molar-refractivity contribution in [2.75, 3.05) is 78.2 Å². The Kier molecular flexibility index (Phi) is 21.9. The number of anilines is 1. The molecule has 0 aliphatic heterocycles. The number of carbonyl (C=O) groups is 3. The van der Waals surface area contributed by atoms with Crippen molar-refractivity contribution in [3.63, 3.8) is 0 Å². The zero-order chi connectivity index (χ0) is 51.2. The van der Waals surface area contributed by atoms with Crippen LogP contribution in [0.4, 0.5) is 10.7 Å². The van der Waals surface area contributed by atoms with E-state index in [0.29, 0.717) is 115 Å². The van der Waals surface area contributed by atoms with Crippen molar-refractivity contribution < 1.29 is 54.9 Å². The Morgan fingerprint density at radius 2 is 1.36 bits per heavy atom. The second kappa shape index (κ2) is 28.4. The first kappa shape index (κ1) is 55.5. The van der Waals surface area contributed by atoms with Gasteiger partial charge in [-0.25, -0.2) is 26.4 Å². The van der Waals surface area contributed by atoms with Crippen LogP contribution in [-0.4, -0.2) is 157 Å². The van der Waals surface area contributed by atoms with Gasteiger partial charge in [0.25, 0.3) is 0 Å². The number of alkyl carbamates (subject to hydrolysis) is 1. The number of aryl methyl sites for hydroxylation is 1. The molecule has 0 bridgehead atoms. The summed E-state index contributed by atoms with van der Waals surface area (Å²) in [7, 11) is -6.97. The fourth-order valence-electron chi connectivity index (χ4n) is 6.95. The van der Waals surface area contributed by atoms with Crippen LogP contribution < -0.4 is 25.4 Å². The summed E-state index contributed by atoms with van der Waals surface area (Å²) in [5.41, 5.74) is 3.30. The number of amides is 2. The molecule has 6 aromatic rings. The van der Waals surface area contributed by atoms with Crippen LogP contribution in [0, 0.1) is 0 Å². The van der Waals surface area contributed by atoms with Crippen LogP contribution >= 0.6 is 0 Å². The summed E-state index contributed by atoms with van der Waals surface area (Å²) >= 11 is 0.616. The minimum Gasteiger partial charge on any atom is -0.445 e. The van der Waals surface area contributed by atoms with Crippen LogP contribution in [-0.2, 0) is 61.7 Å². The largest absolute Gasteiger partial charge is 0.445 e. The van der Waals surface area contributed by atoms with Crippen LogP contribution in [0.3, 0.4) is 0 Å². The SMILES string of the molecule is COC(=O)C(CNC(=O)c1ccc2c(cnn2CCCNc2ncc[n]2[Tl])c1)NS(=O)(=O)c1ccc(-c2ccc(S(=O)(=O)NCCCOCCOCCOCCCNC(=O)OCc3ccccc3)cc2)cc1. The molecule has 6 rings (SSSR count). The van der Waals surface area contributed by atoms with E-state index in [1.807, 2.05) is 41.2 Å². The molecular formula is C48H58N9O12S2Tl. The van der Waals surface area contributed by atoms with Crippen molar-refractivity contribution in [2.45, 2.75) is 48.2 Å². The molecule has 5 N–H and O–H groups in total. The molecule has 1 atom stereocenters. The van der Waals surface area contributed by atoms with Crippen molar-refractivity contribution >= 4 is 80.9 Å². The first-order chi connectivity index (χ1) is 34.8. The number of esters is 1. The first-order valence-electron chi connectivity index (χ1n) is 23.1. The van der Waals surface area contributed by atoms with Gasteiger partial charge in [-0.1, -0.05) is 54.6 Å². The van der Waals surface area contributed by atoms with E-state index < -0.39 is 50.6 Å². The van der Waals surface area contributed by atoms with E-state index in [2.05, 4.69) is 37.9 Å². The zero-order valence-electron chi connectivity index (χ0n) is 39.7. The molecule has 382 valence electrons. The van der Waals surface area contributed by atoms with E-state index in [4.69, 9.17) is 23.7 Å². The minimum absolute atomic E-state index is 0.0550. The standard InChI is InChI=1S/C48H59N9O12S2.Tl/c1-65-46(59)43(34-53-45(58)39-14-19-44-40(32-39)33-54-57(44)25-5-20-49-47-50-23-24-51-47)56-71(63,64)42-17-12-38(13-18-42)37-10-15-41(16-11-37)70(61,62)55-22-7-27-67-29-31-68-30-28-66-26-6-21-52-48(60)69-35-36-8-3-2-4-9-36;/h2-4,8-19,23-24,32-33,43,55-56H,5-7,20-22,25-31,34-35H2,1H3,(H4,49,50,51,52,53,58,60);/q;+1/p-1. The summed E-state index contributed by atoms with van der Waals surface area (Å²) < 4.78 is 88.1. The van der Waals surface area contributed by atoms with E-state index in [-0.39, 0.29) is 22.9 Å². The van der Waals surface area contributed by atoms with Crippen molar-refractivity contribution in [1.82, 2.24) is 37.2 Å². The molecule has 2 heterocycles. The third kappa shape index (κ3) is 17.5. The quantitative estimate of drug-likeness (QED) is 0.0237. The third-order valence-electron chi connectivity index (χ3n) is 10.8. The fourth-order valence-corrected chi connectivity index (χ4v) is 10.1. The predicted octanol–water partition coefficient (Wildman–Crippen LogP) is 3.62. The second-order valence-electron chi connectivity index (χ2n) is 16.0. The third-order valence-corrected chi connectivity index (χ3v) is 15.3. The minimum atomic E-state index is -4.28. The zero-order valence-corrected chi connectivity index (χ0v) is 45.9. The number of fused-ring (bicyclic) bond motifs is 1. The Balaban J connectivity index is 0.850. The van der Waals surface area contributed by atoms with Gasteiger partial charge in [0.1, 0.15) is 12.6 Å². The van der Waals surface area contributed by atoms with Gasteiger partial charge in [-0.2, -0.15) is 4.72 Å². The topological polar surface area (TPSA) is 261 Å². The molecule has 0 saturated heterocycles. The number of rotatable bonds is 31. The normalized spacial score (nSPS) is 12.1. The van der Waals surface area contributed by atoms with Gasteiger partial charge in [-0.15, -0.1) is 0 Å². The average molecular weight is 1220 g/mol. The molecule has 24 heteroatoms. The van der Waals surface area contributed by atoms with Crippen molar-refractivity contribution in [2.24, 2.45) is 0 Å². The molecular weight excluding hydrogens is 1160 g/mol. The van der Waals surface area contributed by atoms with Crippen LogP contribution in [0.2, 0.25) is 0 Å². The Hall–Kier alpha value is -5.81. The van der Waals surface area contributed by atoms with E-state index in [1.165, 1.54) is 24.3 Å². The molecule has 1 unspecified atom stereocenters. The summed E-state index contributed by atoms with van der Waals surface area (Å²) in [5, 5.41) is 13.8. The van der Waals surface area contributed by atoms with Crippen molar-refractivity contribution in [3.8, 4) is 11.1 Å². The van der Waals surface area contributed by atoms with Crippen LogP contribution in [0.25, 0.3) is 22.0 Å². The van der Waals surface area contributed by atoms with Gasteiger partial charge < -0.3 is 34.3 Å². The number of ether oxygens (including phenoxy) is 5. The Labute approximate surface area is 434 Å². The number of sulfonamides is 2. The number of methoxy groups -OCH3 is 1. The molecule has 0 saturated carbocycles. The molecule has 0 radical (unpaired) electrons. The van der Waals surface area contributed by atoms with E-state index in [0.717, 1.165) is 35.9 Å². The number of benzene rings is 4. The average Bonchev–Trinajstić information content (AvgIpc) is 4.01. The van der Waals surface area contributed by atoms with Gasteiger partial charge in [-0.3, -0.25) is 9.59 Å². The van der Waals surface area contributed by atoms with E-state index in [1.54, 1.807) is 54.9 Å². The predicted molar refractivity (Wildman–Crippen MR) is 268 cm³/mol. The Morgan fingerprint density at radius 1 is 0.722 bits per heavy atom. The molecule has 2 aromatic heterocycles. The Bertz CT molecular complexity index is 2890. The number of imidazole rings is 1. The van der Waals surface area contributed by atoms with E-state index in [9.17, 15) is 31.2 Å². The van der Waals surface area contributed by atoms with Crippen LogP contribution in [0.5, 0.6) is 0 Å². The number of carbonyl (C=O) groups excluding carboxylic acids is 3. The number of nitrogens with zero attached hydrogens (tertiary/aromatic N) is 4. The summed E-state index contributed by atoms with van der Waals surface area (Å²) in [4.78, 5) is 41.9. The van der Waals surface area contributed by atoms with Crippen LogP contribution in [0.1, 0.15) is 35.2 Å². The second-order valence-corrected chi connectivity index (χ2v) is 21.6. The number of nitrogens with one attached hydrogen (secondary N) is 5. The smallest absolute Gasteiger partial charge is 0.407 e. The molecule has 4 aromatic carbocycles. The summed E-state index contributed by atoms with van der Waals surface area (Å²) in [6.45, 7) is 4.01. The fraction of sp³-hybridized carbons (Fsp3) is 0.354. The number of hydrogen-bond donors (Lipinski definition) is 5. The van der Waals surface area contributed by atoms with Gasteiger partial charge in [0.2, 0.25) is 20.0 Å². The van der Waals surface area contributed by atoms with Crippen LogP contribution in [0.15, 0.2) is 125 Å². The Morgan fingerprint density at radius 3 is 2.00 bits per heavy atom. The van der Waals surface area contributed by atoms with Crippen molar-refractivity contribution in [3.05, 3.63) is 127 Å². The number of aromatic nitrogens is 4. The summed E-state index contributed by atoms with van der Waals surface area (Å²) in [6, 6.07) is 25.0. The molecule has 0 fully saturated rings. The molecule has 0 spiro atoms.